The minimum atomic E-state index is -1.10. The summed E-state index contributed by atoms with van der Waals surface area (Å²) in [4.78, 5) is 11.0. The van der Waals surface area contributed by atoms with Crippen molar-refractivity contribution in [3.8, 4) is 11.5 Å². The normalized spacial score (nSPS) is 10.3. The highest BCUT2D eigenvalue weighted by molar-refractivity contribution is 6.19. The van der Waals surface area contributed by atoms with Crippen LogP contribution in [0.3, 0.4) is 0 Å². The van der Waals surface area contributed by atoms with E-state index in [1.807, 2.05) is 0 Å². The average molecular weight is 244 g/mol. The third kappa shape index (κ3) is 1.78. The van der Waals surface area contributed by atoms with E-state index in [9.17, 15) is 9.90 Å². The number of aliphatic carboxylic acids is 1. The van der Waals surface area contributed by atoms with Gasteiger partial charge in [-0.3, -0.25) is 0 Å². The van der Waals surface area contributed by atoms with Crippen molar-refractivity contribution < 1.29 is 19.7 Å². The van der Waals surface area contributed by atoms with Gasteiger partial charge in [-0.1, -0.05) is 30.8 Å². The molecule has 0 spiro atoms. The van der Waals surface area contributed by atoms with Crippen LogP contribution < -0.4 is 4.74 Å². The monoisotopic (exact) mass is 244 g/mol. The number of methoxy groups -OCH3 is 1. The van der Waals surface area contributed by atoms with Crippen LogP contribution in [0.25, 0.3) is 16.3 Å². The molecule has 0 aliphatic heterocycles. The summed E-state index contributed by atoms with van der Waals surface area (Å²) in [5.41, 5.74) is 0.400. The number of carbonyl (C=O) groups is 1. The van der Waals surface area contributed by atoms with Crippen molar-refractivity contribution in [1.29, 1.82) is 0 Å². The summed E-state index contributed by atoms with van der Waals surface area (Å²) in [5.74, 6) is -0.881. The molecule has 0 aromatic heterocycles. The molecular formula is C14H12O4. The Balaban J connectivity index is 2.84. The van der Waals surface area contributed by atoms with Crippen LogP contribution in [-0.4, -0.2) is 23.3 Å². The lowest BCUT2D eigenvalue weighted by atomic mass is 9.98. The summed E-state index contributed by atoms with van der Waals surface area (Å²) < 4.78 is 5.04. The Morgan fingerprint density at radius 1 is 1.28 bits per heavy atom. The van der Waals surface area contributed by atoms with E-state index in [1.165, 1.54) is 13.2 Å². The number of phenols is 1. The number of aromatic hydroxyl groups is 1. The molecule has 18 heavy (non-hydrogen) atoms. The molecular weight excluding hydrogens is 232 g/mol. The lowest BCUT2D eigenvalue weighted by molar-refractivity contribution is -0.130. The number of carboxylic acid groups (broad SMARTS) is 1. The molecule has 92 valence electrons. The van der Waals surface area contributed by atoms with Gasteiger partial charge in [-0.2, -0.15) is 0 Å². The number of ether oxygens (including phenoxy) is 1. The van der Waals surface area contributed by atoms with Gasteiger partial charge < -0.3 is 14.9 Å². The minimum absolute atomic E-state index is 0.00459. The third-order valence-corrected chi connectivity index (χ3v) is 2.78. The van der Waals surface area contributed by atoms with Gasteiger partial charge in [0.15, 0.2) is 11.5 Å². The van der Waals surface area contributed by atoms with Gasteiger partial charge in [0, 0.05) is 10.9 Å². The van der Waals surface area contributed by atoms with Crippen LogP contribution in [0.4, 0.5) is 0 Å². The second kappa shape index (κ2) is 4.41. The Morgan fingerprint density at radius 3 is 2.44 bits per heavy atom. The van der Waals surface area contributed by atoms with Gasteiger partial charge in [0.1, 0.15) is 0 Å². The maximum absolute atomic E-state index is 11.0. The Bertz CT molecular complexity index is 644. The lowest BCUT2D eigenvalue weighted by Gasteiger charge is -2.12. The Hall–Kier alpha value is -2.49. The first-order chi connectivity index (χ1) is 8.56. The van der Waals surface area contributed by atoms with Crippen molar-refractivity contribution in [2.24, 2.45) is 0 Å². The predicted octanol–water partition coefficient (Wildman–Crippen LogP) is 2.65. The highest BCUT2D eigenvalue weighted by Gasteiger charge is 2.16. The van der Waals surface area contributed by atoms with Gasteiger partial charge in [0.25, 0.3) is 0 Å². The number of fused-ring (bicyclic) bond motifs is 1. The smallest absolute Gasteiger partial charge is 0.335 e. The van der Waals surface area contributed by atoms with Crippen LogP contribution in [0, 0.1) is 0 Å². The average Bonchev–Trinajstić information content (AvgIpc) is 2.38. The first-order valence-corrected chi connectivity index (χ1v) is 5.27. The Kier molecular flexibility index (Phi) is 2.93. The molecule has 0 unspecified atom stereocenters. The second-order valence-corrected chi connectivity index (χ2v) is 3.80. The molecule has 0 radical (unpaired) electrons. The first kappa shape index (κ1) is 12.0. The third-order valence-electron chi connectivity index (χ3n) is 2.78. The van der Waals surface area contributed by atoms with Crippen molar-refractivity contribution in [3.05, 3.63) is 42.5 Å². The highest BCUT2D eigenvalue weighted by atomic mass is 16.5. The summed E-state index contributed by atoms with van der Waals surface area (Å²) in [6, 6.07) is 8.44. The van der Waals surface area contributed by atoms with Crippen molar-refractivity contribution in [2.75, 3.05) is 7.11 Å². The molecule has 2 aromatic rings. The summed E-state index contributed by atoms with van der Waals surface area (Å²) in [7, 11) is 1.41. The van der Waals surface area contributed by atoms with Gasteiger partial charge in [0.05, 0.1) is 12.7 Å². The molecule has 0 fully saturated rings. The molecule has 2 aromatic carbocycles. The zero-order valence-corrected chi connectivity index (χ0v) is 9.80. The van der Waals surface area contributed by atoms with Crippen LogP contribution in [0.5, 0.6) is 11.5 Å². The van der Waals surface area contributed by atoms with Crippen molar-refractivity contribution in [3.63, 3.8) is 0 Å². The topological polar surface area (TPSA) is 66.8 Å². The first-order valence-electron chi connectivity index (χ1n) is 5.27. The fourth-order valence-corrected chi connectivity index (χ4v) is 1.85. The SMILES string of the molecule is C=C(C(=O)O)c1cc(OC)c(O)c2ccccc12. The van der Waals surface area contributed by atoms with E-state index in [2.05, 4.69) is 6.58 Å². The van der Waals surface area contributed by atoms with Gasteiger partial charge in [-0.05, 0) is 11.5 Å². The molecule has 0 aliphatic rings. The van der Waals surface area contributed by atoms with E-state index in [0.29, 0.717) is 16.3 Å². The number of benzene rings is 2. The van der Waals surface area contributed by atoms with Gasteiger partial charge in [-0.15, -0.1) is 0 Å². The molecule has 0 aliphatic carbocycles. The van der Waals surface area contributed by atoms with E-state index in [4.69, 9.17) is 9.84 Å². The van der Waals surface area contributed by atoms with E-state index in [-0.39, 0.29) is 17.1 Å². The van der Waals surface area contributed by atoms with E-state index >= 15 is 0 Å². The minimum Gasteiger partial charge on any atom is -0.504 e. The number of phenolic OH excluding ortho intramolecular Hbond substituents is 1. The van der Waals surface area contributed by atoms with Gasteiger partial charge >= 0.3 is 5.97 Å². The molecule has 0 bridgehead atoms. The number of hydrogen-bond acceptors (Lipinski definition) is 3. The summed E-state index contributed by atoms with van der Waals surface area (Å²) in [5, 5.41) is 20.2. The molecule has 0 heterocycles. The molecule has 2 rings (SSSR count). The Morgan fingerprint density at radius 2 is 1.89 bits per heavy atom. The molecule has 2 N–H and O–H groups in total. The van der Waals surface area contributed by atoms with Gasteiger partial charge in [0.2, 0.25) is 0 Å². The standard InChI is InChI=1S/C14H12O4/c1-8(14(16)17)11-7-12(18-2)13(15)10-6-4-3-5-9(10)11/h3-7,15H,1H2,2H3,(H,16,17). The van der Waals surface area contributed by atoms with Crippen LogP contribution in [0.15, 0.2) is 36.9 Å². The van der Waals surface area contributed by atoms with Crippen LogP contribution in [0.2, 0.25) is 0 Å². The molecule has 0 saturated carbocycles. The fraction of sp³-hybridized carbons (Fsp3) is 0.0714. The zero-order valence-electron chi connectivity index (χ0n) is 9.80. The number of hydrogen-bond donors (Lipinski definition) is 2. The van der Waals surface area contributed by atoms with E-state index < -0.39 is 5.97 Å². The predicted molar refractivity (Wildman–Crippen MR) is 68.8 cm³/mol. The van der Waals surface area contributed by atoms with Crippen LogP contribution in [-0.2, 0) is 4.79 Å². The lowest BCUT2D eigenvalue weighted by Crippen LogP contribution is -1.99. The second-order valence-electron chi connectivity index (χ2n) is 3.80. The van der Waals surface area contributed by atoms with Crippen LogP contribution in [0.1, 0.15) is 5.56 Å². The molecule has 4 nitrogen and oxygen atoms in total. The number of rotatable bonds is 3. The van der Waals surface area contributed by atoms with Crippen molar-refractivity contribution >= 4 is 22.3 Å². The highest BCUT2D eigenvalue weighted by Crippen LogP contribution is 2.38. The van der Waals surface area contributed by atoms with Crippen molar-refractivity contribution in [1.82, 2.24) is 0 Å². The van der Waals surface area contributed by atoms with E-state index in [1.54, 1.807) is 24.3 Å². The quantitative estimate of drug-likeness (QED) is 0.814. The molecule has 0 atom stereocenters. The van der Waals surface area contributed by atoms with Crippen LogP contribution >= 0.6 is 0 Å². The molecule has 0 amide bonds. The fourth-order valence-electron chi connectivity index (χ4n) is 1.85. The Labute approximate surface area is 104 Å². The summed E-state index contributed by atoms with van der Waals surface area (Å²) in [6.07, 6.45) is 0. The maximum Gasteiger partial charge on any atom is 0.335 e. The number of carboxylic acids is 1. The molecule has 0 saturated heterocycles. The van der Waals surface area contributed by atoms with Gasteiger partial charge in [-0.25, -0.2) is 4.79 Å². The maximum atomic E-state index is 11.0. The van der Waals surface area contributed by atoms with E-state index in [0.717, 1.165) is 0 Å². The molecule has 4 heteroatoms. The van der Waals surface area contributed by atoms with Crippen molar-refractivity contribution in [2.45, 2.75) is 0 Å². The largest absolute Gasteiger partial charge is 0.504 e. The summed E-state index contributed by atoms with van der Waals surface area (Å²) >= 11 is 0. The zero-order chi connectivity index (χ0) is 13.3. The summed E-state index contributed by atoms with van der Waals surface area (Å²) in [6.45, 7) is 3.54.